The molecule has 0 atom stereocenters. The summed E-state index contributed by atoms with van der Waals surface area (Å²) in [6, 6.07) is 7.54. The summed E-state index contributed by atoms with van der Waals surface area (Å²) in [5.74, 6) is -0.0350. The molecule has 1 aromatic carbocycles. The SMILES string of the molecule is CC(=O)N(C)Cc1cccc(NC(=O)C(C)C)c1. The van der Waals surface area contributed by atoms with Gasteiger partial charge in [0.15, 0.2) is 0 Å². The third-order valence-electron chi connectivity index (χ3n) is 2.68. The molecule has 0 aliphatic rings. The molecular weight excluding hydrogens is 228 g/mol. The van der Waals surface area contributed by atoms with Crippen molar-refractivity contribution in [3.8, 4) is 0 Å². The van der Waals surface area contributed by atoms with Crippen LogP contribution >= 0.6 is 0 Å². The lowest BCUT2D eigenvalue weighted by atomic mass is 10.1. The summed E-state index contributed by atoms with van der Waals surface area (Å²) >= 11 is 0. The molecule has 1 rings (SSSR count). The van der Waals surface area contributed by atoms with Gasteiger partial charge in [-0.1, -0.05) is 26.0 Å². The summed E-state index contributed by atoms with van der Waals surface area (Å²) in [5.41, 5.74) is 1.76. The first-order valence-corrected chi connectivity index (χ1v) is 6.01. The number of hydrogen-bond acceptors (Lipinski definition) is 2. The summed E-state index contributed by atoms with van der Waals surface area (Å²) in [5, 5.41) is 2.84. The van der Waals surface area contributed by atoms with Gasteiger partial charge >= 0.3 is 0 Å². The van der Waals surface area contributed by atoms with Gasteiger partial charge in [0, 0.05) is 32.1 Å². The van der Waals surface area contributed by atoms with E-state index in [0.717, 1.165) is 11.3 Å². The molecule has 1 aromatic rings. The molecule has 18 heavy (non-hydrogen) atoms. The Hall–Kier alpha value is -1.84. The largest absolute Gasteiger partial charge is 0.342 e. The normalized spacial score (nSPS) is 10.3. The van der Waals surface area contributed by atoms with Gasteiger partial charge in [-0.05, 0) is 17.7 Å². The van der Waals surface area contributed by atoms with Crippen LogP contribution in [0.15, 0.2) is 24.3 Å². The third kappa shape index (κ3) is 4.20. The highest BCUT2D eigenvalue weighted by atomic mass is 16.2. The van der Waals surface area contributed by atoms with Crippen LogP contribution in [0.5, 0.6) is 0 Å². The molecule has 4 nitrogen and oxygen atoms in total. The van der Waals surface area contributed by atoms with Crippen LogP contribution in [0.1, 0.15) is 26.3 Å². The standard InChI is InChI=1S/C14H20N2O2/c1-10(2)14(18)15-13-7-5-6-12(8-13)9-16(4)11(3)17/h5-8,10H,9H2,1-4H3,(H,15,18). The van der Waals surface area contributed by atoms with Gasteiger partial charge in [-0.15, -0.1) is 0 Å². The molecule has 0 bridgehead atoms. The molecule has 2 amide bonds. The second kappa shape index (κ2) is 6.19. The van der Waals surface area contributed by atoms with Crippen molar-refractivity contribution in [3.05, 3.63) is 29.8 Å². The number of amides is 2. The Bertz CT molecular complexity index is 441. The second-order valence-electron chi connectivity index (χ2n) is 4.72. The number of benzene rings is 1. The minimum Gasteiger partial charge on any atom is -0.342 e. The van der Waals surface area contributed by atoms with E-state index in [1.807, 2.05) is 38.1 Å². The van der Waals surface area contributed by atoms with Crippen LogP contribution in [0.3, 0.4) is 0 Å². The van der Waals surface area contributed by atoms with E-state index in [1.165, 1.54) is 6.92 Å². The number of rotatable bonds is 4. The molecule has 0 saturated heterocycles. The summed E-state index contributed by atoms with van der Waals surface area (Å²) in [4.78, 5) is 24.4. The van der Waals surface area contributed by atoms with Crippen LogP contribution in [-0.4, -0.2) is 23.8 Å². The second-order valence-corrected chi connectivity index (χ2v) is 4.72. The molecule has 98 valence electrons. The predicted octanol–water partition coefficient (Wildman–Crippen LogP) is 2.26. The van der Waals surface area contributed by atoms with Gasteiger partial charge < -0.3 is 10.2 Å². The predicted molar refractivity (Wildman–Crippen MR) is 72.1 cm³/mol. The maximum Gasteiger partial charge on any atom is 0.226 e. The number of carbonyl (C=O) groups excluding carboxylic acids is 2. The highest BCUT2D eigenvalue weighted by Crippen LogP contribution is 2.13. The Labute approximate surface area is 108 Å². The summed E-state index contributed by atoms with van der Waals surface area (Å²) in [7, 11) is 1.75. The topological polar surface area (TPSA) is 49.4 Å². The maximum atomic E-state index is 11.6. The van der Waals surface area contributed by atoms with Crippen LogP contribution in [0.4, 0.5) is 5.69 Å². The van der Waals surface area contributed by atoms with Gasteiger partial charge in [0.05, 0.1) is 0 Å². The van der Waals surface area contributed by atoms with Crippen molar-refractivity contribution in [3.63, 3.8) is 0 Å². The smallest absolute Gasteiger partial charge is 0.226 e. The lowest BCUT2D eigenvalue weighted by Gasteiger charge is -2.15. The lowest BCUT2D eigenvalue weighted by Crippen LogP contribution is -2.23. The van der Waals surface area contributed by atoms with Crippen molar-refractivity contribution in [1.29, 1.82) is 0 Å². The monoisotopic (exact) mass is 248 g/mol. The third-order valence-corrected chi connectivity index (χ3v) is 2.68. The molecule has 4 heteroatoms. The van der Waals surface area contributed by atoms with Crippen molar-refractivity contribution in [2.75, 3.05) is 12.4 Å². The van der Waals surface area contributed by atoms with E-state index in [4.69, 9.17) is 0 Å². The van der Waals surface area contributed by atoms with Crippen LogP contribution in [0, 0.1) is 5.92 Å². The lowest BCUT2D eigenvalue weighted by molar-refractivity contribution is -0.128. The summed E-state index contributed by atoms with van der Waals surface area (Å²) in [6.07, 6.45) is 0. The molecule has 0 radical (unpaired) electrons. The van der Waals surface area contributed by atoms with E-state index >= 15 is 0 Å². The molecule has 0 heterocycles. The highest BCUT2D eigenvalue weighted by Gasteiger charge is 2.08. The van der Waals surface area contributed by atoms with E-state index in [0.29, 0.717) is 6.54 Å². The fraction of sp³-hybridized carbons (Fsp3) is 0.429. The molecule has 0 aliphatic carbocycles. The van der Waals surface area contributed by atoms with Crippen LogP contribution < -0.4 is 5.32 Å². The fourth-order valence-corrected chi connectivity index (χ4v) is 1.42. The average Bonchev–Trinajstić information content (AvgIpc) is 2.29. The Kier molecular flexibility index (Phi) is 4.89. The molecule has 0 unspecified atom stereocenters. The molecule has 0 fully saturated rings. The Morgan fingerprint density at radius 2 is 2.00 bits per heavy atom. The molecule has 0 aromatic heterocycles. The van der Waals surface area contributed by atoms with Crippen LogP contribution in [0.25, 0.3) is 0 Å². The Balaban J connectivity index is 2.73. The first kappa shape index (κ1) is 14.2. The average molecular weight is 248 g/mol. The summed E-state index contributed by atoms with van der Waals surface area (Å²) < 4.78 is 0. The van der Waals surface area contributed by atoms with E-state index in [9.17, 15) is 9.59 Å². The van der Waals surface area contributed by atoms with Gasteiger partial charge in [-0.2, -0.15) is 0 Å². The zero-order valence-electron chi connectivity index (χ0n) is 11.4. The Morgan fingerprint density at radius 3 is 2.56 bits per heavy atom. The van der Waals surface area contributed by atoms with Crippen molar-refractivity contribution < 1.29 is 9.59 Å². The number of nitrogens with one attached hydrogen (secondary N) is 1. The van der Waals surface area contributed by atoms with Gasteiger partial charge in [-0.25, -0.2) is 0 Å². The minimum atomic E-state index is -0.0476. The minimum absolute atomic E-state index is 0.00734. The molecule has 0 saturated carbocycles. The molecule has 1 N–H and O–H groups in total. The van der Waals surface area contributed by atoms with E-state index in [1.54, 1.807) is 11.9 Å². The summed E-state index contributed by atoms with van der Waals surface area (Å²) in [6.45, 7) is 5.77. The zero-order chi connectivity index (χ0) is 13.7. The quantitative estimate of drug-likeness (QED) is 0.888. The first-order valence-electron chi connectivity index (χ1n) is 6.01. The number of anilines is 1. The van der Waals surface area contributed by atoms with Crippen molar-refractivity contribution >= 4 is 17.5 Å². The van der Waals surface area contributed by atoms with E-state index in [2.05, 4.69) is 5.32 Å². The zero-order valence-corrected chi connectivity index (χ0v) is 11.4. The van der Waals surface area contributed by atoms with E-state index in [-0.39, 0.29) is 17.7 Å². The van der Waals surface area contributed by atoms with Crippen molar-refractivity contribution in [1.82, 2.24) is 4.90 Å². The van der Waals surface area contributed by atoms with Gasteiger partial charge in [0.2, 0.25) is 11.8 Å². The Morgan fingerprint density at radius 1 is 1.33 bits per heavy atom. The highest BCUT2D eigenvalue weighted by molar-refractivity contribution is 5.92. The van der Waals surface area contributed by atoms with Gasteiger partial charge in [-0.3, -0.25) is 9.59 Å². The van der Waals surface area contributed by atoms with Gasteiger partial charge in [0.25, 0.3) is 0 Å². The van der Waals surface area contributed by atoms with E-state index < -0.39 is 0 Å². The van der Waals surface area contributed by atoms with Crippen LogP contribution in [0.2, 0.25) is 0 Å². The molecule has 0 aliphatic heterocycles. The molecule has 0 spiro atoms. The number of nitrogens with zero attached hydrogens (tertiary/aromatic N) is 1. The maximum absolute atomic E-state index is 11.6. The number of hydrogen-bond donors (Lipinski definition) is 1. The first-order chi connectivity index (χ1) is 8.40. The number of carbonyl (C=O) groups is 2. The van der Waals surface area contributed by atoms with Crippen LogP contribution in [-0.2, 0) is 16.1 Å². The van der Waals surface area contributed by atoms with Crippen molar-refractivity contribution in [2.45, 2.75) is 27.3 Å². The fourth-order valence-electron chi connectivity index (χ4n) is 1.42. The van der Waals surface area contributed by atoms with Gasteiger partial charge in [0.1, 0.15) is 0 Å². The van der Waals surface area contributed by atoms with Crippen molar-refractivity contribution in [2.24, 2.45) is 5.92 Å². The molecular formula is C14H20N2O2.